The lowest BCUT2D eigenvalue weighted by molar-refractivity contribution is 0.100. The molecule has 0 fully saturated rings. The fourth-order valence-corrected chi connectivity index (χ4v) is 3.01. The third kappa shape index (κ3) is 3.74. The van der Waals surface area contributed by atoms with E-state index in [2.05, 4.69) is 29.8 Å². The molecule has 3 rings (SSSR count). The monoisotopic (exact) mass is 324 g/mol. The summed E-state index contributed by atoms with van der Waals surface area (Å²) < 4.78 is 0. The van der Waals surface area contributed by atoms with Gasteiger partial charge in [0.2, 0.25) is 5.91 Å². The van der Waals surface area contributed by atoms with Crippen LogP contribution in [0.25, 0.3) is 11.4 Å². The number of hydrogen-bond acceptors (Lipinski definition) is 3. The van der Waals surface area contributed by atoms with E-state index in [1.54, 1.807) is 12.1 Å². The number of H-pyrrole nitrogens is 1. The van der Waals surface area contributed by atoms with E-state index in [0.29, 0.717) is 5.56 Å². The summed E-state index contributed by atoms with van der Waals surface area (Å²) >= 11 is 0. The minimum absolute atomic E-state index is 0.410. The van der Waals surface area contributed by atoms with E-state index in [9.17, 15) is 4.79 Å². The molecule has 1 aromatic carbocycles. The second-order valence-corrected chi connectivity index (χ2v) is 6.55. The normalized spacial score (nSPS) is 14.2. The summed E-state index contributed by atoms with van der Waals surface area (Å²) in [6, 6.07) is 7.25. The molecule has 0 aliphatic carbocycles. The standard InChI is InChI=1S/C19H24N4O/c1-13(2)4-3-10-23-11-9-16-17(12-23)22-19(21-16)15-7-5-14(6-8-15)18(20)24/h4-8H,3,9-12H2,1-2H3,(H2,20,24)(H,21,22). The highest BCUT2D eigenvalue weighted by Gasteiger charge is 2.20. The minimum atomic E-state index is -0.410. The first-order chi connectivity index (χ1) is 11.5. The molecule has 0 radical (unpaired) electrons. The number of fused-ring (bicyclic) bond motifs is 1. The van der Waals surface area contributed by atoms with Gasteiger partial charge in [0.15, 0.2) is 0 Å². The number of nitrogens with zero attached hydrogens (tertiary/aromatic N) is 2. The maximum Gasteiger partial charge on any atom is 0.248 e. The van der Waals surface area contributed by atoms with Crippen LogP contribution in [0.5, 0.6) is 0 Å². The number of nitrogens with one attached hydrogen (secondary N) is 1. The molecular weight excluding hydrogens is 300 g/mol. The van der Waals surface area contributed by atoms with Gasteiger partial charge in [-0.3, -0.25) is 9.69 Å². The third-order valence-electron chi connectivity index (χ3n) is 4.35. The number of imidazole rings is 1. The van der Waals surface area contributed by atoms with E-state index in [-0.39, 0.29) is 0 Å². The molecule has 0 saturated heterocycles. The van der Waals surface area contributed by atoms with Gasteiger partial charge in [-0.2, -0.15) is 0 Å². The highest BCUT2D eigenvalue weighted by molar-refractivity contribution is 5.93. The van der Waals surface area contributed by atoms with Crippen molar-refractivity contribution in [1.82, 2.24) is 14.9 Å². The van der Waals surface area contributed by atoms with Gasteiger partial charge in [-0.05, 0) is 32.4 Å². The maximum atomic E-state index is 11.2. The van der Waals surface area contributed by atoms with Crippen LogP contribution in [0.4, 0.5) is 0 Å². The van der Waals surface area contributed by atoms with Crippen molar-refractivity contribution in [1.29, 1.82) is 0 Å². The first kappa shape index (κ1) is 16.5. The van der Waals surface area contributed by atoms with Crippen LogP contribution in [0.1, 0.15) is 42.0 Å². The van der Waals surface area contributed by atoms with Crippen molar-refractivity contribution >= 4 is 5.91 Å². The lowest BCUT2D eigenvalue weighted by Gasteiger charge is -2.25. The molecule has 5 nitrogen and oxygen atoms in total. The maximum absolute atomic E-state index is 11.2. The van der Waals surface area contributed by atoms with Crippen LogP contribution in [0, 0.1) is 0 Å². The molecule has 3 N–H and O–H groups in total. The molecule has 1 amide bonds. The average molecular weight is 324 g/mol. The Hall–Kier alpha value is -2.40. The Labute approximate surface area is 142 Å². The van der Waals surface area contributed by atoms with Gasteiger partial charge in [0.05, 0.1) is 11.4 Å². The zero-order valence-corrected chi connectivity index (χ0v) is 14.3. The topological polar surface area (TPSA) is 75.0 Å². The molecule has 0 bridgehead atoms. The number of benzene rings is 1. The summed E-state index contributed by atoms with van der Waals surface area (Å²) in [5, 5.41) is 0. The average Bonchev–Trinajstić information content (AvgIpc) is 2.98. The Morgan fingerprint density at radius 2 is 2.08 bits per heavy atom. The molecular formula is C19H24N4O. The van der Waals surface area contributed by atoms with Crippen molar-refractivity contribution in [2.45, 2.75) is 33.2 Å². The highest BCUT2D eigenvalue weighted by Crippen LogP contribution is 2.23. The van der Waals surface area contributed by atoms with E-state index in [1.165, 1.54) is 11.3 Å². The molecule has 126 valence electrons. The Balaban J connectivity index is 1.71. The number of aromatic nitrogens is 2. The fourth-order valence-electron chi connectivity index (χ4n) is 3.01. The molecule has 1 aromatic heterocycles. The summed E-state index contributed by atoms with van der Waals surface area (Å²) in [5.74, 6) is 0.453. The van der Waals surface area contributed by atoms with E-state index < -0.39 is 5.91 Å². The van der Waals surface area contributed by atoms with Crippen molar-refractivity contribution in [3.05, 3.63) is 52.9 Å². The Morgan fingerprint density at radius 1 is 1.33 bits per heavy atom. The number of rotatable bonds is 5. The van der Waals surface area contributed by atoms with Gasteiger partial charge in [0.25, 0.3) is 0 Å². The number of primary amides is 1. The van der Waals surface area contributed by atoms with Crippen LogP contribution >= 0.6 is 0 Å². The van der Waals surface area contributed by atoms with Crippen LogP contribution in [0.2, 0.25) is 0 Å². The van der Waals surface area contributed by atoms with Crippen LogP contribution < -0.4 is 5.73 Å². The summed E-state index contributed by atoms with van der Waals surface area (Å²) in [4.78, 5) is 21.8. The second kappa shape index (κ2) is 7.01. The van der Waals surface area contributed by atoms with Gasteiger partial charge in [0, 0.05) is 37.2 Å². The first-order valence-corrected chi connectivity index (χ1v) is 8.36. The van der Waals surface area contributed by atoms with Gasteiger partial charge in [-0.1, -0.05) is 23.8 Å². The number of carbonyl (C=O) groups is 1. The van der Waals surface area contributed by atoms with Crippen molar-refractivity contribution in [2.24, 2.45) is 5.73 Å². The van der Waals surface area contributed by atoms with E-state index in [4.69, 9.17) is 10.7 Å². The van der Waals surface area contributed by atoms with Crippen molar-refractivity contribution in [3.63, 3.8) is 0 Å². The molecule has 0 unspecified atom stereocenters. The smallest absolute Gasteiger partial charge is 0.248 e. The summed E-state index contributed by atoms with van der Waals surface area (Å²) in [6.45, 7) is 7.32. The van der Waals surface area contributed by atoms with Gasteiger partial charge in [-0.25, -0.2) is 4.98 Å². The quantitative estimate of drug-likeness (QED) is 0.830. The summed E-state index contributed by atoms with van der Waals surface area (Å²) in [5.41, 5.74) is 10.5. The zero-order valence-electron chi connectivity index (χ0n) is 14.3. The molecule has 2 heterocycles. The first-order valence-electron chi connectivity index (χ1n) is 8.36. The van der Waals surface area contributed by atoms with E-state index in [0.717, 1.165) is 49.6 Å². The molecule has 0 atom stereocenters. The number of nitrogens with two attached hydrogens (primary N) is 1. The Kier molecular flexibility index (Phi) is 4.81. The Morgan fingerprint density at radius 3 is 2.75 bits per heavy atom. The molecule has 2 aromatic rings. The second-order valence-electron chi connectivity index (χ2n) is 6.55. The molecule has 1 aliphatic rings. The molecule has 5 heteroatoms. The van der Waals surface area contributed by atoms with Crippen LogP contribution in [-0.4, -0.2) is 33.9 Å². The minimum Gasteiger partial charge on any atom is -0.366 e. The van der Waals surface area contributed by atoms with E-state index >= 15 is 0 Å². The lowest BCUT2D eigenvalue weighted by atomic mass is 10.1. The SMILES string of the molecule is CC(C)=CCCN1CCc2nc(-c3ccc(C(N)=O)cc3)[nH]c2C1. The fraction of sp³-hybridized carbons (Fsp3) is 0.368. The van der Waals surface area contributed by atoms with Crippen LogP contribution in [0.3, 0.4) is 0 Å². The highest BCUT2D eigenvalue weighted by atomic mass is 16.1. The number of allylic oxidation sites excluding steroid dienone is 1. The van der Waals surface area contributed by atoms with Crippen LogP contribution in [-0.2, 0) is 13.0 Å². The van der Waals surface area contributed by atoms with Gasteiger partial charge in [0.1, 0.15) is 5.82 Å². The molecule has 0 spiro atoms. The van der Waals surface area contributed by atoms with Gasteiger partial charge >= 0.3 is 0 Å². The van der Waals surface area contributed by atoms with Crippen molar-refractivity contribution < 1.29 is 4.79 Å². The predicted molar refractivity (Wildman–Crippen MR) is 95.6 cm³/mol. The number of carbonyl (C=O) groups excluding carboxylic acids is 1. The van der Waals surface area contributed by atoms with Gasteiger partial charge in [-0.15, -0.1) is 0 Å². The lowest BCUT2D eigenvalue weighted by Crippen LogP contribution is -2.31. The summed E-state index contributed by atoms with van der Waals surface area (Å²) in [6.07, 6.45) is 4.35. The molecule has 24 heavy (non-hydrogen) atoms. The van der Waals surface area contributed by atoms with Gasteiger partial charge < -0.3 is 10.7 Å². The number of aromatic amines is 1. The predicted octanol–water partition coefficient (Wildman–Crippen LogP) is 2.89. The van der Waals surface area contributed by atoms with Crippen molar-refractivity contribution in [2.75, 3.05) is 13.1 Å². The number of hydrogen-bond donors (Lipinski definition) is 2. The molecule has 1 aliphatic heterocycles. The largest absolute Gasteiger partial charge is 0.366 e. The van der Waals surface area contributed by atoms with E-state index in [1.807, 2.05) is 12.1 Å². The van der Waals surface area contributed by atoms with Crippen molar-refractivity contribution in [3.8, 4) is 11.4 Å². The van der Waals surface area contributed by atoms with Crippen LogP contribution in [0.15, 0.2) is 35.9 Å². The summed E-state index contributed by atoms with van der Waals surface area (Å²) in [7, 11) is 0. The molecule has 0 saturated carbocycles. The Bertz CT molecular complexity index is 754. The zero-order chi connectivity index (χ0) is 17.1. The number of amides is 1. The third-order valence-corrected chi connectivity index (χ3v) is 4.35.